The average Bonchev–Trinajstić information content (AvgIpc) is 2.82. The van der Waals surface area contributed by atoms with Crippen molar-refractivity contribution >= 4 is 27.3 Å². The van der Waals surface area contributed by atoms with Gasteiger partial charge in [-0.25, -0.2) is 0 Å². The van der Waals surface area contributed by atoms with Crippen LogP contribution in [0.3, 0.4) is 0 Å². The average molecular weight is 327 g/mol. The molecule has 18 heavy (non-hydrogen) atoms. The fourth-order valence-corrected chi connectivity index (χ4v) is 3.22. The van der Waals surface area contributed by atoms with Crippen molar-refractivity contribution in [3.8, 4) is 5.75 Å². The lowest BCUT2D eigenvalue weighted by Crippen LogP contribution is -1.99. The van der Waals surface area contributed by atoms with Crippen LogP contribution in [0.5, 0.6) is 5.75 Å². The number of thiophene rings is 1. The fourth-order valence-electron chi connectivity index (χ4n) is 1.62. The molecule has 1 N–H and O–H groups in total. The zero-order chi connectivity index (χ0) is 13.0. The molecular weight excluding hydrogens is 312 g/mol. The lowest BCUT2D eigenvalue weighted by molar-refractivity contribution is 0.223. The third-order valence-corrected chi connectivity index (χ3v) is 4.49. The van der Waals surface area contributed by atoms with E-state index in [-0.39, 0.29) is 0 Å². The Kier molecular flexibility index (Phi) is 4.80. The maximum absolute atomic E-state index is 10.3. The van der Waals surface area contributed by atoms with Crippen LogP contribution in [0.1, 0.15) is 29.9 Å². The Morgan fingerprint density at radius 3 is 2.56 bits per heavy atom. The molecule has 0 bridgehead atoms. The summed E-state index contributed by atoms with van der Waals surface area (Å²) in [4.78, 5) is 0.928. The van der Waals surface area contributed by atoms with Crippen molar-refractivity contribution in [1.29, 1.82) is 0 Å². The molecule has 0 aliphatic rings. The Morgan fingerprint density at radius 2 is 2.00 bits per heavy atom. The number of aliphatic hydroxyl groups excluding tert-OH is 1. The van der Waals surface area contributed by atoms with Crippen molar-refractivity contribution in [1.82, 2.24) is 0 Å². The van der Waals surface area contributed by atoms with E-state index in [0.717, 1.165) is 33.7 Å². The van der Waals surface area contributed by atoms with Crippen molar-refractivity contribution in [2.24, 2.45) is 0 Å². The summed E-state index contributed by atoms with van der Waals surface area (Å²) in [6.07, 6.45) is 0.409. The van der Waals surface area contributed by atoms with Crippen LogP contribution >= 0.6 is 27.3 Å². The van der Waals surface area contributed by atoms with E-state index in [1.807, 2.05) is 35.7 Å². The van der Waals surface area contributed by atoms with Gasteiger partial charge in [-0.05, 0) is 51.5 Å². The second kappa shape index (κ2) is 6.36. The van der Waals surface area contributed by atoms with E-state index in [4.69, 9.17) is 4.74 Å². The van der Waals surface area contributed by atoms with Crippen molar-refractivity contribution in [2.75, 3.05) is 6.61 Å². The maximum Gasteiger partial charge on any atom is 0.119 e. The molecule has 0 aliphatic heterocycles. The van der Waals surface area contributed by atoms with Crippen molar-refractivity contribution in [3.05, 3.63) is 50.6 Å². The minimum atomic E-state index is -0.584. The summed E-state index contributed by atoms with van der Waals surface area (Å²) >= 11 is 4.98. The minimum absolute atomic E-state index is 0.584. The summed E-state index contributed by atoms with van der Waals surface area (Å²) < 4.78 is 6.47. The van der Waals surface area contributed by atoms with Crippen LogP contribution in [0.2, 0.25) is 0 Å². The molecule has 0 radical (unpaired) electrons. The third kappa shape index (κ3) is 3.13. The number of hydrogen-bond donors (Lipinski definition) is 1. The van der Waals surface area contributed by atoms with E-state index in [9.17, 15) is 5.11 Å². The highest BCUT2D eigenvalue weighted by Crippen LogP contribution is 2.33. The van der Waals surface area contributed by atoms with Crippen LogP contribution in [-0.2, 0) is 0 Å². The predicted molar refractivity (Wildman–Crippen MR) is 78.3 cm³/mol. The largest absolute Gasteiger partial charge is 0.494 e. The molecule has 2 rings (SSSR count). The number of halogens is 1. The standard InChI is InChI=1S/C14H15BrO2S/c1-2-8-17-11-5-3-10(4-6-11)13(16)14-12(15)7-9-18-14/h3-7,9,13,16H,2,8H2,1H3. The molecule has 1 atom stereocenters. The predicted octanol–water partition coefficient (Wildman–Crippen LogP) is 4.38. The molecule has 1 heterocycles. The summed E-state index contributed by atoms with van der Waals surface area (Å²) in [6.45, 7) is 2.80. The quantitative estimate of drug-likeness (QED) is 0.883. The SMILES string of the molecule is CCCOc1ccc(C(O)c2sccc2Br)cc1. The molecule has 0 saturated carbocycles. The Balaban J connectivity index is 2.12. The van der Waals surface area contributed by atoms with Gasteiger partial charge in [0.1, 0.15) is 11.9 Å². The number of hydrogen-bond acceptors (Lipinski definition) is 3. The maximum atomic E-state index is 10.3. The van der Waals surface area contributed by atoms with Crippen molar-refractivity contribution < 1.29 is 9.84 Å². The zero-order valence-electron chi connectivity index (χ0n) is 10.1. The molecule has 1 unspecified atom stereocenters. The molecule has 2 nitrogen and oxygen atoms in total. The Bertz CT molecular complexity index is 493. The molecule has 0 spiro atoms. The van der Waals surface area contributed by atoms with Gasteiger partial charge in [0.05, 0.1) is 11.5 Å². The highest BCUT2D eigenvalue weighted by Gasteiger charge is 2.14. The van der Waals surface area contributed by atoms with Crippen LogP contribution in [0.15, 0.2) is 40.2 Å². The Morgan fingerprint density at radius 1 is 1.28 bits per heavy atom. The van der Waals surface area contributed by atoms with Crippen LogP contribution in [0, 0.1) is 0 Å². The van der Waals surface area contributed by atoms with E-state index < -0.39 is 6.10 Å². The first-order valence-corrected chi connectivity index (χ1v) is 7.53. The fraction of sp³-hybridized carbons (Fsp3) is 0.286. The number of rotatable bonds is 5. The van der Waals surface area contributed by atoms with Gasteiger partial charge in [-0.1, -0.05) is 19.1 Å². The molecule has 0 aliphatic carbocycles. The van der Waals surface area contributed by atoms with E-state index in [1.54, 1.807) is 11.3 Å². The zero-order valence-corrected chi connectivity index (χ0v) is 12.5. The number of ether oxygens (including phenoxy) is 1. The summed E-state index contributed by atoms with van der Waals surface area (Å²) in [5.74, 6) is 0.845. The van der Waals surface area contributed by atoms with E-state index >= 15 is 0 Å². The van der Waals surface area contributed by atoms with Gasteiger partial charge >= 0.3 is 0 Å². The lowest BCUT2D eigenvalue weighted by atomic mass is 10.1. The van der Waals surface area contributed by atoms with E-state index in [2.05, 4.69) is 22.9 Å². The van der Waals surface area contributed by atoms with Crippen LogP contribution < -0.4 is 4.74 Å². The van der Waals surface area contributed by atoms with Gasteiger partial charge < -0.3 is 9.84 Å². The second-order valence-electron chi connectivity index (χ2n) is 3.95. The summed E-state index contributed by atoms with van der Waals surface area (Å²) in [5, 5.41) is 12.2. The molecule has 4 heteroatoms. The van der Waals surface area contributed by atoms with Gasteiger partial charge in [0, 0.05) is 4.47 Å². The van der Waals surface area contributed by atoms with Gasteiger partial charge in [-0.2, -0.15) is 0 Å². The molecular formula is C14H15BrO2S. The minimum Gasteiger partial charge on any atom is -0.494 e. The van der Waals surface area contributed by atoms with E-state index in [0.29, 0.717) is 0 Å². The highest BCUT2D eigenvalue weighted by atomic mass is 79.9. The van der Waals surface area contributed by atoms with Crippen molar-refractivity contribution in [2.45, 2.75) is 19.4 Å². The van der Waals surface area contributed by atoms with Gasteiger partial charge in [0.25, 0.3) is 0 Å². The van der Waals surface area contributed by atoms with Crippen LogP contribution in [0.25, 0.3) is 0 Å². The van der Waals surface area contributed by atoms with Gasteiger partial charge in [-0.15, -0.1) is 11.3 Å². The summed E-state index contributed by atoms with van der Waals surface area (Å²) in [7, 11) is 0. The first kappa shape index (κ1) is 13.6. The highest BCUT2D eigenvalue weighted by molar-refractivity contribution is 9.10. The molecule has 1 aromatic carbocycles. The second-order valence-corrected chi connectivity index (χ2v) is 5.75. The Labute approximate surface area is 119 Å². The monoisotopic (exact) mass is 326 g/mol. The lowest BCUT2D eigenvalue weighted by Gasteiger charge is -2.11. The van der Waals surface area contributed by atoms with Gasteiger partial charge in [0.15, 0.2) is 0 Å². The molecule has 2 aromatic rings. The molecule has 1 aromatic heterocycles. The molecule has 0 amide bonds. The topological polar surface area (TPSA) is 29.5 Å². The third-order valence-electron chi connectivity index (χ3n) is 2.56. The summed E-state index contributed by atoms with van der Waals surface area (Å²) in [5.41, 5.74) is 0.877. The number of benzene rings is 1. The Hall–Kier alpha value is -0.840. The summed E-state index contributed by atoms with van der Waals surface area (Å²) in [6, 6.07) is 9.55. The van der Waals surface area contributed by atoms with Crippen LogP contribution in [0.4, 0.5) is 0 Å². The van der Waals surface area contributed by atoms with Gasteiger partial charge in [0.2, 0.25) is 0 Å². The van der Waals surface area contributed by atoms with Crippen LogP contribution in [-0.4, -0.2) is 11.7 Å². The first-order chi connectivity index (χ1) is 8.72. The number of aliphatic hydroxyl groups is 1. The smallest absolute Gasteiger partial charge is 0.119 e. The molecule has 0 fully saturated rings. The first-order valence-electron chi connectivity index (χ1n) is 5.86. The molecule has 96 valence electrons. The van der Waals surface area contributed by atoms with Gasteiger partial charge in [-0.3, -0.25) is 0 Å². The van der Waals surface area contributed by atoms with E-state index in [1.165, 1.54) is 0 Å². The molecule has 0 saturated heterocycles. The van der Waals surface area contributed by atoms with Crippen molar-refractivity contribution in [3.63, 3.8) is 0 Å². The normalized spacial score (nSPS) is 12.4.